The van der Waals surface area contributed by atoms with E-state index in [1.165, 1.54) is 0 Å². The van der Waals surface area contributed by atoms with Gasteiger partial charge in [-0.1, -0.05) is 6.42 Å². The van der Waals surface area contributed by atoms with E-state index in [9.17, 15) is 27.2 Å². The Labute approximate surface area is 161 Å². The molecule has 2 atom stereocenters. The number of halogens is 4. The number of likely N-dealkylation sites (tertiary alicyclic amines) is 1. The molecule has 1 N–H and O–H groups in total. The van der Waals surface area contributed by atoms with Gasteiger partial charge >= 0.3 is 5.97 Å². The normalized spacial score (nSPS) is 20.1. The van der Waals surface area contributed by atoms with Gasteiger partial charge in [-0.25, -0.2) is 8.78 Å². The van der Waals surface area contributed by atoms with Gasteiger partial charge in [0, 0.05) is 24.2 Å². The number of amides is 1. The van der Waals surface area contributed by atoms with Crippen LogP contribution < -0.4 is 10.1 Å². The molecule has 1 aromatic carbocycles. The molecule has 0 aliphatic carbocycles. The molecule has 0 spiro atoms. The van der Waals surface area contributed by atoms with Gasteiger partial charge in [0.1, 0.15) is 0 Å². The smallest absolute Gasteiger partial charge is 0.313 e. The predicted octanol–water partition coefficient (Wildman–Crippen LogP) is 3.23. The minimum absolute atomic E-state index is 0.131. The van der Waals surface area contributed by atoms with E-state index in [2.05, 4.69) is 15.0 Å². The van der Waals surface area contributed by atoms with Crippen LogP contribution in [0.2, 0.25) is 0 Å². The molecular formula is C19H24F4N2O3. The maximum Gasteiger partial charge on any atom is 0.313 e. The number of carbonyl (C=O) groups excluding carboxylic acids is 2. The third-order valence-corrected chi connectivity index (χ3v) is 5.01. The van der Waals surface area contributed by atoms with E-state index in [-0.39, 0.29) is 31.1 Å². The molecule has 0 aromatic heterocycles. The molecule has 1 saturated heterocycles. The van der Waals surface area contributed by atoms with E-state index < -0.39 is 47.0 Å². The molecule has 1 aliphatic rings. The molecule has 1 amide bonds. The van der Waals surface area contributed by atoms with E-state index in [0.717, 1.165) is 26.2 Å². The Morgan fingerprint density at radius 2 is 1.57 bits per heavy atom. The SMILES string of the molecule is Cc1c(F)c(F)c(OC(=O)CCNC(=O)CN2C(C)CCCC2C)c(F)c1F. The molecule has 156 valence electrons. The summed E-state index contributed by atoms with van der Waals surface area (Å²) in [6.07, 6.45) is 2.71. The Balaban J connectivity index is 1.86. The molecule has 1 aliphatic heterocycles. The second-order valence-electron chi connectivity index (χ2n) is 7.09. The molecule has 0 saturated carbocycles. The van der Waals surface area contributed by atoms with Crippen LogP contribution in [0.4, 0.5) is 17.6 Å². The molecule has 0 radical (unpaired) electrons. The van der Waals surface area contributed by atoms with Crippen molar-refractivity contribution in [3.05, 3.63) is 28.8 Å². The summed E-state index contributed by atoms with van der Waals surface area (Å²) in [5.74, 6) is -9.64. The molecule has 1 aromatic rings. The average Bonchev–Trinajstić information content (AvgIpc) is 2.65. The van der Waals surface area contributed by atoms with Crippen molar-refractivity contribution < 1.29 is 31.9 Å². The van der Waals surface area contributed by atoms with Gasteiger partial charge < -0.3 is 10.1 Å². The summed E-state index contributed by atoms with van der Waals surface area (Å²) in [4.78, 5) is 25.9. The van der Waals surface area contributed by atoms with Gasteiger partial charge in [-0.3, -0.25) is 14.5 Å². The molecule has 28 heavy (non-hydrogen) atoms. The topological polar surface area (TPSA) is 58.6 Å². The van der Waals surface area contributed by atoms with Crippen molar-refractivity contribution in [1.29, 1.82) is 0 Å². The van der Waals surface area contributed by atoms with Crippen molar-refractivity contribution in [2.45, 2.75) is 58.5 Å². The Bertz CT molecular complexity index is 718. The molecule has 5 nitrogen and oxygen atoms in total. The van der Waals surface area contributed by atoms with Gasteiger partial charge in [0.25, 0.3) is 0 Å². The lowest BCUT2D eigenvalue weighted by Crippen LogP contribution is -2.48. The van der Waals surface area contributed by atoms with Crippen LogP contribution in [0, 0.1) is 30.2 Å². The van der Waals surface area contributed by atoms with Crippen LogP contribution in [0.3, 0.4) is 0 Å². The van der Waals surface area contributed by atoms with Crippen LogP contribution in [0.25, 0.3) is 0 Å². The van der Waals surface area contributed by atoms with E-state index in [0.29, 0.717) is 0 Å². The first kappa shape index (κ1) is 22.1. The Hall–Kier alpha value is -2.16. The fourth-order valence-corrected chi connectivity index (χ4v) is 3.29. The van der Waals surface area contributed by atoms with Crippen molar-refractivity contribution >= 4 is 11.9 Å². The summed E-state index contributed by atoms with van der Waals surface area (Å²) in [7, 11) is 0. The number of nitrogens with zero attached hydrogens (tertiary/aromatic N) is 1. The minimum atomic E-state index is -1.78. The summed E-state index contributed by atoms with van der Waals surface area (Å²) in [5.41, 5.74) is -0.844. The Kier molecular flexibility index (Phi) is 7.40. The number of hydrogen-bond donors (Lipinski definition) is 1. The van der Waals surface area contributed by atoms with Gasteiger partial charge in [-0.05, 0) is 33.6 Å². The Morgan fingerprint density at radius 1 is 1.04 bits per heavy atom. The maximum absolute atomic E-state index is 13.7. The van der Waals surface area contributed by atoms with Crippen LogP contribution in [-0.2, 0) is 9.59 Å². The number of nitrogens with one attached hydrogen (secondary N) is 1. The number of ether oxygens (including phenoxy) is 1. The summed E-state index contributed by atoms with van der Waals surface area (Å²) >= 11 is 0. The van der Waals surface area contributed by atoms with Crippen molar-refractivity contribution in [3.8, 4) is 5.75 Å². The second-order valence-corrected chi connectivity index (χ2v) is 7.09. The number of carbonyl (C=O) groups is 2. The number of hydrogen-bond acceptors (Lipinski definition) is 4. The first-order valence-electron chi connectivity index (χ1n) is 9.19. The van der Waals surface area contributed by atoms with Gasteiger partial charge in [-0.2, -0.15) is 8.78 Å². The molecule has 1 fully saturated rings. The Morgan fingerprint density at radius 3 is 2.11 bits per heavy atom. The van der Waals surface area contributed by atoms with Crippen molar-refractivity contribution in [2.24, 2.45) is 0 Å². The highest BCUT2D eigenvalue weighted by Crippen LogP contribution is 2.29. The molecule has 0 bridgehead atoms. The van der Waals surface area contributed by atoms with E-state index in [4.69, 9.17) is 0 Å². The molecule has 9 heteroatoms. The number of benzene rings is 1. The minimum Gasteiger partial charge on any atom is -0.420 e. The maximum atomic E-state index is 13.7. The lowest BCUT2D eigenvalue weighted by molar-refractivity contribution is -0.134. The molecule has 1 heterocycles. The quantitative estimate of drug-likeness (QED) is 0.342. The number of piperidine rings is 1. The van der Waals surface area contributed by atoms with Crippen LogP contribution in [-0.4, -0.2) is 41.9 Å². The van der Waals surface area contributed by atoms with Gasteiger partial charge in [0.05, 0.1) is 13.0 Å². The molecule has 2 rings (SSSR count). The van der Waals surface area contributed by atoms with Crippen molar-refractivity contribution in [1.82, 2.24) is 10.2 Å². The van der Waals surface area contributed by atoms with Crippen LogP contribution >= 0.6 is 0 Å². The third-order valence-electron chi connectivity index (χ3n) is 5.01. The van der Waals surface area contributed by atoms with Crippen molar-refractivity contribution in [2.75, 3.05) is 13.1 Å². The summed E-state index contributed by atoms with van der Waals surface area (Å²) in [6.45, 7) is 5.00. The summed E-state index contributed by atoms with van der Waals surface area (Å²) in [6, 6.07) is 0.550. The van der Waals surface area contributed by atoms with E-state index in [1.807, 2.05) is 13.8 Å². The zero-order chi connectivity index (χ0) is 21.0. The second kappa shape index (κ2) is 9.36. The number of esters is 1. The van der Waals surface area contributed by atoms with Gasteiger partial charge in [-0.15, -0.1) is 0 Å². The van der Waals surface area contributed by atoms with Crippen LogP contribution in [0.15, 0.2) is 0 Å². The highest BCUT2D eigenvalue weighted by Gasteiger charge is 2.27. The monoisotopic (exact) mass is 404 g/mol. The van der Waals surface area contributed by atoms with E-state index in [1.54, 1.807) is 0 Å². The highest BCUT2D eigenvalue weighted by atomic mass is 19.2. The predicted molar refractivity (Wildman–Crippen MR) is 93.8 cm³/mol. The highest BCUT2D eigenvalue weighted by molar-refractivity contribution is 5.79. The van der Waals surface area contributed by atoms with Crippen LogP contribution in [0.5, 0.6) is 5.75 Å². The zero-order valence-electron chi connectivity index (χ0n) is 16.1. The third kappa shape index (κ3) is 5.01. The zero-order valence-corrected chi connectivity index (χ0v) is 16.1. The standard InChI is InChI=1S/C19H24F4N2O3/c1-10-5-4-6-11(2)25(10)9-13(26)24-8-7-14(27)28-19-17(22)15(20)12(3)16(21)18(19)23/h10-11H,4-9H2,1-3H3,(H,24,26). The first-order valence-corrected chi connectivity index (χ1v) is 9.19. The van der Waals surface area contributed by atoms with Crippen LogP contribution in [0.1, 0.15) is 45.1 Å². The largest absolute Gasteiger partial charge is 0.420 e. The fourth-order valence-electron chi connectivity index (χ4n) is 3.29. The lowest BCUT2D eigenvalue weighted by Gasteiger charge is -2.38. The first-order chi connectivity index (χ1) is 13.1. The molecule has 2 unspecified atom stereocenters. The fraction of sp³-hybridized carbons (Fsp3) is 0.579. The lowest BCUT2D eigenvalue weighted by atomic mass is 9.97. The summed E-state index contributed by atoms with van der Waals surface area (Å²) in [5, 5.41) is 2.53. The van der Waals surface area contributed by atoms with Crippen molar-refractivity contribution in [3.63, 3.8) is 0 Å². The average molecular weight is 404 g/mol. The summed E-state index contributed by atoms with van der Waals surface area (Å²) < 4.78 is 58.8. The molecular weight excluding hydrogens is 380 g/mol. The van der Waals surface area contributed by atoms with Gasteiger partial charge in [0.15, 0.2) is 11.6 Å². The van der Waals surface area contributed by atoms with E-state index >= 15 is 0 Å². The number of rotatable bonds is 6. The van der Waals surface area contributed by atoms with Gasteiger partial charge in [0.2, 0.25) is 23.3 Å².